The summed E-state index contributed by atoms with van der Waals surface area (Å²) in [4.78, 5) is 0.296. The van der Waals surface area contributed by atoms with E-state index in [-0.39, 0.29) is 0 Å². The zero-order chi connectivity index (χ0) is 12.5. The first-order valence-electron chi connectivity index (χ1n) is 5.55. The molecule has 4 nitrogen and oxygen atoms in total. The number of rotatable bonds is 2. The number of benzene rings is 1. The molecule has 0 aromatic heterocycles. The quantitative estimate of drug-likeness (QED) is 0.906. The summed E-state index contributed by atoms with van der Waals surface area (Å²) in [5.74, 6) is 0. The van der Waals surface area contributed by atoms with Gasteiger partial charge in [0.2, 0.25) is 10.0 Å². The molecule has 94 valence electrons. The maximum absolute atomic E-state index is 12.4. The molecule has 1 saturated heterocycles. The first kappa shape index (κ1) is 13.0. The molecule has 1 aromatic rings. The van der Waals surface area contributed by atoms with E-state index >= 15 is 0 Å². The van der Waals surface area contributed by atoms with Gasteiger partial charge in [-0.15, -0.1) is 0 Å². The number of hydrogen-bond acceptors (Lipinski definition) is 3. The maximum atomic E-state index is 12.4. The average molecular weight is 319 g/mol. The van der Waals surface area contributed by atoms with Gasteiger partial charge in [0.15, 0.2) is 0 Å². The van der Waals surface area contributed by atoms with E-state index in [0.29, 0.717) is 11.4 Å². The minimum absolute atomic E-state index is 0.296. The molecule has 0 amide bonds. The highest BCUT2D eigenvalue weighted by Crippen LogP contribution is 2.24. The van der Waals surface area contributed by atoms with Crippen molar-refractivity contribution in [1.29, 1.82) is 0 Å². The third-order valence-corrected chi connectivity index (χ3v) is 5.31. The van der Waals surface area contributed by atoms with Crippen molar-refractivity contribution in [1.82, 2.24) is 4.31 Å². The fourth-order valence-corrected chi connectivity index (χ4v) is 4.17. The second-order valence-corrected chi connectivity index (χ2v) is 6.94. The molecule has 0 spiro atoms. The molecule has 0 aliphatic carbocycles. The molecule has 1 unspecified atom stereocenters. The molecule has 2 N–H and O–H groups in total. The van der Waals surface area contributed by atoms with E-state index in [4.69, 9.17) is 5.73 Å². The number of hydrogen-bond donors (Lipinski definition) is 1. The van der Waals surface area contributed by atoms with Crippen LogP contribution in [0.4, 0.5) is 0 Å². The van der Waals surface area contributed by atoms with Crippen molar-refractivity contribution < 1.29 is 8.42 Å². The standard InChI is InChI=1S/C11H15BrN2O2S/c12-9-4-3-5-10(8-9)17(15,16)14-7-2-1-6-11(14)13/h3-5,8,11H,1-2,6-7,13H2. The van der Waals surface area contributed by atoms with Crippen LogP contribution in [-0.4, -0.2) is 25.4 Å². The maximum Gasteiger partial charge on any atom is 0.244 e. The van der Waals surface area contributed by atoms with E-state index in [1.165, 1.54) is 4.31 Å². The van der Waals surface area contributed by atoms with Crippen LogP contribution in [0.3, 0.4) is 0 Å². The van der Waals surface area contributed by atoms with Crippen LogP contribution in [0.5, 0.6) is 0 Å². The molecule has 6 heteroatoms. The lowest BCUT2D eigenvalue weighted by molar-refractivity contribution is 0.258. The van der Waals surface area contributed by atoms with E-state index in [9.17, 15) is 8.42 Å². The van der Waals surface area contributed by atoms with Crippen LogP contribution in [0.15, 0.2) is 33.6 Å². The highest BCUT2D eigenvalue weighted by Gasteiger charge is 2.31. The molecule has 1 aliphatic heterocycles. The monoisotopic (exact) mass is 318 g/mol. The van der Waals surface area contributed by atoms with Crippen LogP contribution < -0.4 is 5.73 Å². The minimum Gasteiger partial charge on any atom is -0.315 e. The van der Waals surface area contributed by atoms with Crippen LogP contribution in [0, 0.1) is 0 Å². The SMILES string of the molecule is NC1CCCCN1S(=O)(=O)c1cccc(Br)c1. The van der Waals surface area contributed by atoms with Gasteiger partial charge in [-0.05, 0) is 37.5 Å². The summed E-state index contributed by atoms with van der Waals surface area (Å²) in [5.41, 5.74) is 5.88. The van der Waals surface area contributed by atoms with Crippen LogP contribution >= 0.6 is 15.9 Å². The largest absolute Gasteiger partial charge is 0.315 e. The van der Waals surface area contributed by atoms with Crippen LogP contribution in [0.25, 0.3) is 0 Å². The Morgan fingerprint density at radius 3 is 2.76 bits per heavy atom. The van der Waals surface area contributed by atoms with E-state index in [1.807, 2.05) is 0 Å². The lowest BCUT2D eigenvalue weighted by atomic mass is 10.1. The van der Waals surface area contributed by atoms with Gasteiger partial charge in [0.05, 0.1) is 11.1 Å². The van der Waals surface area contributed by atoms with Crippen molar-refractivity contribution in [3.05, 3.63) is 28.7 Å². The molecule has 0 bridgehead atoms. The second kappa shape index (κ2) is 5.06. The zero-order valence-corrected chi connectivity index (χ0v) is 11.7. The summed E-state index contributed by atoms with van der Waals surface area (Å²) < 4.78 is 26.9. The van der Waals surface area contributed by atoms with Gasteiger partial charge in [0, 0.05) is 11.0 Å². The Hall–Kier alpha value is -0.430. The van der Waals surface area contributed by atoms with E-state index < -0.39 is 16.2 Å². The molecular weight excluding hydrogens is 304 g/mol. The number of piperidine rings is 1. The summed E-state index contributed by atoms with van der Waals surface area (Å²) in [6.45, 7) is 0.510. The fraction of sp³-hybridized carbons (Fsp3) is 0.455. The zero-order valence-electron chi connectivity index (χ0n) is 9.34. The Morgan fingerprint density at radius 2 is 2.12 bits per heavy atom. The normalized spacial score (nSPS) is 22.6. The van der Waals surface area contributed by atoms with Crippen LogP contribution in [0.1, 0.15) is 19.3 Å². The Bertz CT molecular complexity index is 504. The van der Waals surface area contributed by atoms with Gasteiger partial charge >= 0.3 is 0 Å². The van der Waals surface area contributed by atoms with Gasteiger partial charge in [-0.25, -0.2) is 8.42 Å². The molecule has 1 heterocycles. The predicted molar refractivity (Wildman–Crippen MR) is 69.9 cm³/mol. The van der Waals surface area contributed by atoms with Crippen molar-refractivity contribution >= 4 is 26.0 Å². The fourth-order valence-electron chi connectivity index (χ4n) is 1.99. The van der Waals surface area contributed by atoms with E-state index in [1.54, 1.807) is 24.3 Å². The summed E-state index contributed by atoms with van der Waals surface area (Å²) in [6, 6.07) is 6.72. The topological polar surface area (TPSA) is 63.4 Å². The van der Waals surface area contributed by atoms with Gasteiger partial charge in [-0.3, -0.25) is 0 Å². The molecule has 0 saturated carbocycles. The summed E-state index contributed by atoms with van der Waals surface area (Å²) in [6.07, 6.45) is 2.20. The highest BCUT2D eigenvalue weighted by molar-refractivity contribution is 9.10. The van der Waals surface area contributed by atoms with Crippen molar-refractivity contribution in [2.45, 2.75) is 30.3 Å². The molecule has 2 rings (SSSR count). The average Bonchev–Trinajstić information content (AvgIpc) is 2.29. The second-order valence-electron chi connectivity index (χ2n) is 4.14. The molecule has 1 aliphatic rings. The first-order chi connectivity index (χ1) is 8.01. The lowest BCUT2D eigenvalue weighted by Crippen LogP contribution is -2.48. The molecular formula is C11H15BrN2O2S. The van der Waals surface area contributed by atoms with Gasteiger partial charge in [0.1, 0.15) is 0 Å². The number of halogens is 1. The molecule has 0 radical (unpaired) electrons. The molecule has 1 fully saturated rings. The summed E-state index contributed by atoms with van der Waals surface area (Å²) in [7, 11) is -3.46. The molecule has 1 aromatic carbocycles. The third-order valence-electron chi connectivity index (χ3n) is 2.90. The number of sulfonamides is 1. The number of nitrogens with zero attached hydrogens (tertiary/aromatic N) is 1. The molecule has 1 atom stereocenters. The van der Waals surface area contributed by atoms with Gasteiger partial charge < -0.3 is 5.73 Å². The lowest BCUT2D eigenvalue weighted by Gasteiger charge is -2.31. The Balaban J connectivity index is 2.35. The minimum atomic E-state index is -3.46. The van der Waals surface area contributed by atoms with Crippen molar-refractivity contribution in [2.75, 3.05) is 6.54 Å². The summed E-state index contributed by atoms with van der Waals surface area (Å²) >= 11 is 3.28. The van der Waals surface area contributed by atoms with Crippen molar-refractivity contribution in [3.63, 3.8) is 0 Å². The predicted octanol–water partition coefficient (Wildman–Crippen LogP) is 1.91. The highest BCUT2D eigenvalue weighted by atomic mass is 79.9. The Morgan fingerprint density at radius 1 is 1.35 bits per heavy atom. The van der Waals surface area contributed by atoms with Gasteiger partial charge in [0.25, 0.3) is 0 Å². The van der Waals surface area contributed by atoms with Gasteiger partial charge in [-0.2, -0.15) is 4.31 Å². The third kappa shape index (κ3) is 2.70. The van der Waals surface area contributed by atoms with Crippen molar-refractivity contribution in [2.24, 2.45) is 5.73 Å². The molecule has 17 heavy (non-hydrogen) atoms. The number of nitrogens with two attached hydrogens (primary N) is 1. The van der Waals surface area contributed by atoms with E-state index in [0.717, 1.165) is 23.7 Å². The van der Waals surface area contributed by atoms with Crippen molar-refractivity contribution in [3.8, 4) is 0 Å². The first-order valence-corrected chi connectivity index (χ1v) is 7.78. The van der Waals surface area contributed by atoms with Crippen LogP contribution in [-0.2, 0) is 10.0 Å². The Kier molecular flexibility index (Phi) is 3.87. The smallest absolute Gasteiger partial charge is 0.244 e. The van der Waals surface area contributed by atoms with Gasteiger partial charge in [-0.1, -0.05) is 22.0 Å². The summed E-state index contributed by atoms with van der Waals surface area (Å²) in [5, 5.41) is 0. The van der Waals surface area contributed by atoms with Crippen LogP contribution in [0.2, 0.25) is 0 Å². The van der Waals surface area contributed by atoms with E-state index in [2.05, 4.69) is 15.9 Å². The Labute approximate surface area is 110 Å².